The zero-order chi connectivity index (χ0) is 9.84. The Bertz CT molecular complexity index is 258. The number of ether oxygens (including phenoxy) is 1. The Kier molecular flexibility index (Phi) is 2.95. The number of carbonyl (C=O) groups is 1. The third-order valence-corrected chi connectivity index (χ3v) is 1.82. The molecule has 1 rings (SSSR count). The number of carbonyl (C=O) groups excluding carboxylic acids is 1. The van der Waals surface area contributed by atoms with Gasteiger partial charge in [0, 0.05) is 26.4 Å². The van der Waals surface area contributed by atoms with Gasteiger partial charge in [0.05, 0.1) is 19.5 Å². The minimum atomic E-state index is -0.330. The van der Waals surface area contributed by atoms with E-state index in [-0.39, 0.29) is 5.97 Å². The molecule has 1 aliphatic heterocycles. The summed E-state index contributed by atoms with van der Waals surface area (Å²) < 4.78 is 4.49. The summed E-state index contributed by atoms with van der Waals surface area (Å²) in [5, 5.41) is 0. The fourth-order valence-corrected chi connectivity index (χ4v) is 1.17. The van der Waals surface area contributed by atoms with Crippen LogP contribution in [0.25, 0.3) is 0 Å². The van der Waals surface area contributed by atoms with Gasteiger partial charge >= 0.3 is 5.97 Å². The van der Waals surface area contributed by atoms with E-state index >= 15 is 0 Å². The molecule has 0 radical (unpaired) electrons. The number of nitrogens with zero attached hydrogens (tertiary/aromatic N) is 2. The predicted octanol–water partition coefficient (Wildman–Crippen LogP) is 0.392. The first-order chi connectivity index (χ1) is 6.13. The number of hydrogen-bond donors (Lipinski definition) is 0. The highest BCUT2D eigenvalue weighted by Gasteiger charge is 2.11. The van der Waals surface area contributed by atoms with Gasteiger partial charge in [0.2, 0.25) is 0 Å². The van der Waals surface area contributed by atoms with Crippen LogP contribution in [-0.4, -0.2) is 43.6 Å². The van der Waals surface area contributed by atoms with Crippen LogP contribution in [0.15, 0.2) is 24.0 Å². The van der Waals surface area contributed by atoms with Crippen molar-refractivity contribution in [2.24, 2.45) is 0 Å². The lowest BCUT2D eigenvalue weighted by Gasteiger charge is -2.13. The molecule has 0 aromatic carbocycles. The van der Waals surface area contributed by atoms with Gasteiger partial charge in [0.25, 0.3) is 0 Å². The van der Waals surface area contributed by atoms with Crippen molar-refractivity contribution in [2.75, 3.05) is 27.9 Å². The second-order valence-corrected chi connectivity index (χ2v) is 3.01. The lowest BCUT2D eigenvalue weighted by Crippen LogP contribution is -2.19. The Hall–Kier alpha value is -1.45. The monoisotopic (exact) mass is 182 g/mol. The molecular formula is C9H14N2O2. The summed E-state index contributed by atoms with van der Waals surface area (Å²) in [5.74, 6) is -0.330. The van der Waals surface area contributed by atoms with E-state index in [4.69, 9.17) is 0 Å². The Morgan fingerprint density at radius 2 is 2.31 bits per heavy atom. The van der Waals surface area contributed by atoms with Crippen LogP contribution in [-0.2, 0) is 9.53 Å². The average molecular weight is 182 g/mol. The van der Waals surface area contributed by atoms with Crippen LogP contribution in [0, 0.1) is 0 Å². The van der Waals surface area contributed by atoms with Crippen molar-refractivity contribution in [2.45, 2.75) is 0 Å². The van der Waals surface area contributed by atoms with Crippen molar-refractivity contribution < 1.29 is 9.53 Å². The van der Waals surface area contributed by atoms with Crippen LogP contribution < -0.4 is 0 Å². The number of likely N-dealkylation sites (N-methyl/N-ethyl adjacent to an activating group) is 1. The molecule has 0 N–H and O–H groups in total. The lowest BCUT2D eigenvalue weighted by molar-refractivity contribution is -0.134. The number of hydrogen-bond acceptors (Lipinski definition) is 4. The smallest absolute Gasteiger partial charge is 0.330 e. The van der Waals surface area contributed by atoms with Gasteiger partial charge in [0.1, 0.15) is 0 Å². The molecule has 4 heteroatoms. The van der Waals surface area contributed by atoms with Gasteiger partial charge < -0.3 is 14.5 Å². The first kappa shape index (κ1) is 9.64. The molecule has 1 aliphatic rings. The highest BCUT2D eigenvalue weighted by Crippen LogP contribution is 2.12. The van der Waals surface area contributed by atoms with Crippen LogP contribution in [0.3, 0.4) is 0 Å². The minimum Gasteiger partial charge on any atom is -0.466 e. The van der Waals surface area contributed by atoms with E-state index in [2.05, 4.69) is 4.74 Å². The van der Waals surface area contributed by atoms with Crippen molar-refractivity contribution in [3.63, 3.8) is 0 Å². The molecule has 0 aliphatic carbocycles. The molecule has 1 heterocycles. The van der Waals surface area contributed by atoms with E-state index in [1.54, 1.807) is 6.08 Å². The zero-order valence-corrected chi connectivity index (χ0v) is 8.15. The summed E-state index contributed by atoms with van der Waals surface area (Å²) >= 11 is 0. The van der Waals surface area contributed by atoms with Crippen molar-refractivity contribution in [1.82, 2.24) is 9.80 Å². The van der Waals surface area contributed by atoms with Gasteiger partial charge in [0.15, 0.2) is 0 Å². The fourth-order valence-electron chi connectivity index (χ4n) is 1.17. The number of esters is 1. The van der Waals surface area contributed by atoms with E-state index in [1.165, 1.54) is 13.2 Å². The quantitative estimate of drug-likeness (QED) is 0.457. The maximum Gasteiger partial charge on any atom is 0.330 e. The van der Waals surface area contributed by atoms with E-state index < -0.39 is 0 Å². The second-order valence-electron chi connectivity index (χ2n) is 3.01. The van der Waals surface area contributed by atoms with Crippen molar-refractivity contribution in [3.05, 3.63) is 24.0 Å². The summed E-state index contributed by atoms with van der Waals surface area (Å²) in [6.07, 6.45) is 5.14. The molecule has 0 spiro atoms. The average Bonchev–Trinajstić information content (AvgIpc) is 2.41. The van der Waals surface area contributed by atoms with Gasteiger partial charge in [-0.05, 0) is 6.08 Å². The standard InChI is InChI=1S/C9H14N2O2/c1-10-6-8(11(2)7-10)4-5-9(12)13-3/h4-6H,7H2,1-3H3/b5-4+. The van der Waals surface area contributed by atoms with Crippen LogP contribution in [0.2, 0.25) is 0 Å². The first-order valence-corrected chi connectivity index (χ1v) is 4.02. The zero-order valence-electron chi connectivity index (χ0n) is 8.15. The summed E-state index contributed by atoms with van der Waals surface area (Å²) in [4.78, 5) is 14.9. The Balaban J connectivity index is 2.58. The van der Waals surface area contributed by atoms with Crippen molar-refractivity contribution in [1.29, 1.82) is 0 Å². The SMILES string of the molecule is COC(=O)/C=C/C1=CN(C)CN1C. The molecule has 0 saturated heterocycles. The largest absolute Gasteiger partial charge is 0.466 e. The van der Waals surface area contributed by atoms with E-state index in [0.717, 1.165) is 12.4 Å². The third-order valence-electron chi connectivity index (χ3n) is 1.82. The van der Waals surface area contributed by atoms with Gasteiger partial charge in [-0.15, -0.1) is 0 Å². The lowest BCUT2D eigenvalue weighted by atomic mass is 10.4. The molecule has 72 valence electrons. The summed E-state index contributed by atoms with van der Waals surface area (Å²) in [6.45, 7) is 0.848. The van der Waals surface area contributed by atoms with Gasteiger partial charge in [-0.2, -0.15) is 0 Å². The van der Waals surface area contributed by atoms with Gasteiger partial charge in [-0.25, -0.2) is 4.79 Å². The van der Waals surface area contributed by atoms with Crippen LogP contribution >= 0.6 is 0 Å². The molecular weight excluding hydrogens is 168 g/mol. The first-order valence-electron chi connectivity index (χ1n) is 4.02. The maximum atomic E-state index is 10.8. The molecule has 0 bridgehead atoms. The predicted molar refractivity (Wildman–Crippen MR) is 49.6 cm³/mol. The Morgan fingerprint density at radius 3 is 2.77 bits per heavy atom. The second kappa shape index (κ2) is 3.98. The van der Waals surface area contributed by atoms with E-state index in [1.807, 2.05) is 30.1 Å². The van der Waals surface area contributed by atoms with E-state index in [0.29, 0.717) is 0 Å². The molecule has 0 saturated carbocycles. The normalized spacial score (nSPS) is 16.7. The molecule has 0 unspecified atom stereocenters. The summed E-state index contributed by atoms with van der Waals surface area (Å²) in [6, 6.07) is 0. The summed E-state index contributed by atoms with van der Waals surface area (Å²) in [7, 11) is 5.32. The molecule has 13 heavy (non-hydrogen) atoms. The molecule has 4 nitrogen and oxygen atoms in total. The Morgan fingerprint density at radius 1 is 1.62 bits per heavy atom. The molecule has 0 amide bonds. The highest BCUT2D eigenvalue weighted by atomic mass is 16.5. The van der Waals surface area contributed by atoms with Gasteiger partial charge in [-0.3, -0.25) is 0 Å². The number of rotatable bonds is 2. The molecule has 0 aromatic rings. The van der Waals surface area contributed by atoms with Crippen LogP contribution in [0.1, 0.15) is 0 Å². The molecule has 0 aromatic heterocycles. The fraction of sp³-hybridized carbons (Fsp3) is 0.444. The van der Waals surface area contributed by atoms with Gasteiger partial charge in [-0.1, -0.05) is 0 Å². The number of allylic oxidation sites excluding steroid dienone is 1. The van der Waals surface area contributed by atoms with Crippen LogP contribution in [0.4, 0.5) is 0 Å². The third kappa shape index (κ3) is 2.50. The topological polar surface area (TPSA) is 32.8 Å². The van der Waals surface area contributed by atoms with Crippen molar-refractivity contribution >= 4 is 5.97 Å². The summed E-state index contributed by atoms with van der Waals surface area (Å²) in [5.41, 5.74) is 1.01. The number of methoxy groups -OCH3 is 1. The minimum absolute atomic E-state index is 0.330. The van der Waals surface area contributed by atoms with E-state index in [9.17, 15) is 4.79 Å². The maximum absolute atomic E-state index is 10.8. The Labute approximate surface area is 78.1 Å². The van der Waals surface area contributed by atoms with Crippen LogP contribution in [0.5, 0.6) is 0 Å². The molecule has 0 fully saturated rings. The van der Waals surface area contributed by atoms with Crippen molar-refractivity contribution in [3.8, 4) is 0 Å². The highest BCUT2D eigenvalue weighted by molar-refractivity contribution is 5.82. The molecule has 0 atom stereocenters.